The van der Waals surface area contributed by atoms with Crippen molar-refractivity contribution in [2.75, 3.05) is 42.9 Å². The molecule has 1 atom stereocenters. The Labute approximate surface area is 158 Å². The van der Waals surface area contributed by atoms with Crippen molar-refractivity contribution in [2.24, 2.45) is 5.92 Å². The Morgan fingerprint density at radius 3 is 2.33 bits per heavy atom. The summed E-state index contributed by atoms with van der Waals surface area (Å²) in [5.41, 5.74) is 1.28. The average Bonchev–Trinajstić information content (AvgIpc) is 3.02. The van der Waals surface area contributed by atoms with Gasteiger partial charge < -0.3 is 20.0 Å². The summed E-state index contributed by atoms with van der Waals surface area (Å²) in [4.78, 5) is 53.0. The van der Waals surface area contributed by atoms with Crippen LogP contribution in [0.15, 0.2) is 24.3 Å². The second-order valence-corrected chi connectivity index (χ2v) is 6.97. The maximum absolute atomic E-state index is 12.8. The van der Waals surface area contributed by atoms with Crippen molar-refractivity contribution in [1.29, 1.82) is 0 Å². The first-order valence-corrected chi connectivity index (χ1v) is 9.07. The minimum absolute atomic E-state index is 0.0170. The third-order valence-corrected chi connectivity index (χ3v) is 4.99. The number of amides is 4. The summed E-state index contributed by atoms with van der Waals surface area (Å²) in [5, 5.41) is 2.70. The van der Waals surface area contributed by atoms with Gasteiger partial charge in [0.15, 0.2) is 0 Å². The number of anilines is 2. The molecule has 0 spiro atoms. The average molecular weight is 372 g/mol. The number of piperazine rings is 1. The van der Waals surface area contributed by atoms with Crippen LogP contribution >= 0.6 is 0 Å². The van der Waals surface area contributed by atoms with Crippen molar-refractivity contribution in [3.05, 3.63) is 24.3 Å². The SMILES string of the molecule is CC(=O)Nc1cccc(N2CC(C(=O)N3CCN(C(C)=O)CC3)CC2=O)c1. The molecule has 2 fully saturated rings. The van der Waals surface area contributed by atoms with E-state index in [1.54, 1.807) is 39.0 Å². The largest absolute Gasteiger partial charge is 0.339 e. The first kappa shape index (κ1) is 18.9. The van der Waals surface area contributed by atoms with Crippen molar-refractivity contribution in [3.63, 3.8) is 0 Å². The van der Waals surface area contributed by atoms with Gasteiger partial charge in [0.1, 0.15) is 0 Å². The highest BCUT2D eigenvalue weighted by atomic mass is 16.2. The molecule has 4 amide bonds. The highest BCUT2D eigenvalue weighted by Crippen LogP contribution is 2.28. The molecule has 0 aliphatic carbocycles. The summed E-state index contributed by atoms with van der Waals surface area (Å²) in [7, 11) is 0. The predicted octanol–water partition coefficient (Wildman–Crippen LogP) is 0.689. The standard InChI is InChI=1S/C19H24N4O4/c1-13(24)20-16-4-3-5-17(11-16)23-12-15(10-18(23)26)19(27)22-8-6-21(7-9-22)14(2)25/h3-5,11,15H,6-10,12H2,1-2H3,(H,20,24). The molecule has 0 bridgehead atoms. The van der Waals surface area contributed by atoms with E-state index in [0.717, 1.165) is 0 Å². The summed E-state index contributed by atoms with van der Waals surface area (Å²) >= 11 is 0. The Hall–Kier alpha value is -2.90. The van der Waals surface area contributed by atoms with Gasteiger partial charge in [0.25, 0.3) is 0 Å². The van der Waals surface area contributed by atoms with Crippen LogP contribution in [-0.2, 0) is 19.2 Å². The molecule has 2 heterocycles. The Morgan fingerprint density at radius 2 is 1.70 bits per heavy atom. The summed E-state index contributed by atoms with van der Waals surface area (Å²) in [6, 6.07) is 7.05. The van der Waals surface area contributed by atoms with Gasteiger partial charge in [0.2, 0.25) is 23.6 Å². The van der Waals surface area contributed by atoms with Gasteiger partial charge in [-0.25, -0.2) is 0 Å². The third-order valence-electron chi connectivity index (χ3n) is 4.99. The molecule has 0 saturated carbocycles. The fraction of sp³-hybridized carbons (Fsp3) is 0.474. The number of nitrogens with zero attached hydrogens (tertiary/aromatic N) is 3. The van der Waals surface area contributed by atoms with Crippen LogP contribution < -0.4 is 10.2 Å². The first-order valence-electron chi connectivity index (χ1n) is 9.07. The zero-order chi connectivity index (χ0) is 19.6. The minimum Gasteiger partial charge on any atom is -0.339 e. The van der Waals surface area contributed by atoms with E-state index in [1.165, 1.54) is 13.8 Å². The van der Waals surface area contributed by atoms with E-state index in [1.807, 2.05) is 0 Å². The summed E-state index contributed by atoms with van der Waals surface area (Å²) in [5.74, 6) is -0.686. The van der Waals surface area contributed by atoms with E-state index in [4.69, 9.17) is 0 Å². The molecule has 0 aromatic heterocycles. The second-order valence-electron chi connectivity index (χ2n) is 6.97. The van der Waals surface area contributed by atoms with Crippen molar-refractivity contribution >= 4 is 35.0 Å². The number of nitrogens with one attached hydrogen (secondary N) is 1. The van der Waals surface area contributed by atoms with Crippen molar-refractivity contribution in [1.82, 2.24) is 9.80 Å². The van der Waals surface area contributed by atoms with E-state index in [-0.39, 0.29) is 36.0 Å². The lowest BCUT2D eigenvalue weighted by Gasteiger charge is -2.35. The zero-order valence-corrected chi connectivity index (χ0v) is 15.6. The van der Waals surface area contributed by atoms with Gasteiger partial charge in [-0.15, -0.1) is 0 Å². The summed E-state index contributed by atoms with van der Waals surface area (Å²) < 4.78 is 0. The molecule has 8 heteroatoms. The lowest BCUT2D eigenvalue weighted by Crippen LogP contribution is -2.51. The number of rotatable bonds is 3. The van der Waals surface area contributed by atoms with E-state index in [0.29, 0.717) is 44.1 Å². The molecule has 27 heavy (non-hydrogen) atoms. The molecule has 2 aliphatic heterocycles. The van der Waals surface area contributed by atoms with E-state index in [2.05, 4.69) is 5.32 Å². The number of carbonyl (C=O) groups is 4. The van der Waals surface area contributed by atoms with Crippen LogP contribution in [0.1, 0.15) is 20.3 Å². The van der Waals surface area contributed by atoms with Crippen molar-refractivity contribution in [2.45, 2.75) is 20.3 Å². The predicted molar refractivity (Wildman–Crippen MR) is 100 cm³/mol. The Balaban J connectivity index is 1.64. The number of benzene rings is 1. The molecule has 0 radical (unpaired) electrons. The van der Waals surface area contributed by atoms with Gasteiger partial charge in [0.05, 0.1) is 5.92 Å². The lowest BCUT2D eigenvalue weighted by molar-refractivity contribution is -0.141. The monoisotopic (exact) mass is 372 g/mol. The van der Waals surface area contributed by atoms with Crippen LogP contribution in [-0.4, -0.2) is 66.2 Å². The zero-order valence-electron chi connectivity index (χ0n) is 15.6. The van der Waals surface area contributed by atoms with Gasteiger partial charge in [-0.05, 0) is 18.2 Å². The fourth-order valence-electron chi connectivity index (χ4n) is 3.58. The molecular weight excluding hydrogens is 348 g/mol. The van der Waals surface area contributed by atoms with Gasteiger partial charge >= 0.3 is 0 Å². The van der Waals surface area contributed by atoms with E-state index >= 15 is 0 Å². The summed E-state index contributed by atoms with van der Waals surface area (Å²) in [6.07, 6.45) is 0.177. The van der Waals surface area contributed by atoms with Crippen molar-refractivity contribution in [3.8, 4) is 0 Å². The minimum atomic E-state index is -0.384. The maximum Gasteiger partial charge on any atom is 0.228 e. The van der Waals surface area contributed by atoms with E-state index < -0.39 is 0 Å². The van der Waals surface area contributed by atoms with Crippen LogP contribution in [0.4, 0.5) is 11.4 Å². The molecule has 2 saturated heterocycles. The van der Waals surface area contributed by atoms with Crippen LogP contribution in [0.25, 0.3) is 0 Å². The fourth-order valence-corrected chi connectivity index (χ4v) is 3.58. The molecule has 1 aromatic carbocycles. The highest BCUT2D eigenvalue weighted by molar-refractivity contribution is 6.01. The topological polar surface area (TPSA) is 90.0 Å². The van der Waals surface area contributed by atoms with Crippen LogP contribution in [0.2, 0.25) is 0 Å². The number of hydrogen-bond acceptors (Lipinski definition) is 4. The van der Waals surface area contributed by atoms with Gasteiger partial charge in [-0.3, -0.25) is 19.2 Å². The molecule has 1 N–H and O–H groups in total. The van der Waals surface area contributed by atoms with Crippen LogP contribution in [0.3, 0.4) is 0 Å². The quantitative estimate of drug-likeness (QED) is 0.845. The smallest absolute Gasteiger partial charge is 0.228 e. The molecular formula is C19H24N4O4. The molecule has 3 rings (SSSR count). The lowest BCUT2D eigenvalue weighted by atomic mass is 10.1. The molecule has 1 unspecified atom stereocenters. The molecule has 2 aliphatic rings. The molecule has 8 nitrogen and oxygen atoms in total. The molecule has 1 aromatic rings. The second kappa shape index (κ2) is 7.77. The normalized spacial score (nSPS) is 20.0. The first-order chi connectivity index (χ1) is 12.8. The number of carbonyl (C=O) groups excluding carboxylic acids is 4. The van der Waals surface area contributed by atoms with Crippen LogP contribution in [0, 0.1) is 5.92 Å². The van der Waals surface area contributed by atoms with Gasteiger partial charge in [-0.2, -0.15) is 0 Å². The van der Waals surface area contributed by atoms with Gasteiger partial charge in [-0.1, -0.05) is 6.07 Å². The van der Waals surface area contributed by atoms with Crippen LogP contribution in [0.5, 0.6) is 0 Å². The Morgan fingerprint density at radius 1 is 1.04 bits per heavy atom. The Bertz CT molecular complexity index is 771. The summed E-state index contributed by atoms with van der Waals surface area (Å²) in [6.45, 7) is 5.35. The van der Waals surface area contributed by atoms with Gasteiger partial charge in [0, 0.05) is 64.4 Å². The third kappa shape index (κ3) is 4.27. The highest BCUT2D eigenvalue weighted by Gasteiger charge is 2.38. The maximum atomic E-state index is 12.8. The number of hydrogen-bond donors (Lipinski definition) is 1. The van der Waals surface area contributed by atoms with E-state index in [9.17, 15) is 19.2 Å². The molecule has 144 valence electrons. The Kier molecular flexibility index (Phi) is 5.43. The van der Waals surface area contributed by atoms with Crippen molar-refractivity contribution < 1.29 is 19.2 Å².